The van der Waals surface area contributed by atoms with E-state index in [2.05, 4.69) is 15.9 Å². The maximum Gasteiger partial charge on any atom is 0.312 e. The molecule has 0 radical (unpaired) electrons. The quantitative estimate of drug-likeness (QED) is 0.621. The second-order valence-electron chi connectivity index (χ2n) is 7.57. The molecule has 23 heavy (non-hydrogen) atoms. The average molecular weight is 399 g/mol. The lowest BCUT2D eigenvalue weighted by Crippen LogP contribution is -2.58. The van der Waals surface area contributed by atoms with E-state index in [0.29, 0.717) is 23.1 Å². The number of hydrogen-bond acceptors (Lipinski definition) is 5. The number of carbonyl (C=O) groups excluding carboxylic acids is 2. The van der Waals surface area contributed by atoms with Gasteiger partial charge in [0.2, 0.25) is 5.78 Å². The van der Waals surface area contributed by atoms with E-state index in [1.807, 2.05) is 6.07 Å². The third-order valence-electron chi connectivity index (χ3n) is 5.65. The van der Waals surface area contributed by atoms with E-state index in [1.54, 1.807) is 6.07 Å². The van der Waals surface area contributed by atoms with E-state index in [4.69, 9.17) is 4.74 Å². The predicted octanol–water partition coefficient (Wildman–Crippen LogP) is 3.57. The number of esters is 1. The van der Waals surface area contributed by atoms with E-state index >= 15 is 0 Å². The van der Waals surface area contributed by atoms with Crippen LogP contribution in [0.2, 0.25) is 0 Å². The molecule has 0 aliphatic heterocycles. The van der Waals surface area contributed by atoms with Gasteiger partial charge in [0.15, 0.2) is 6.61 Å². The van der Waals surface area contributed by atoms with E-state index in [-0.39, 0.29) is 18.4 Å². The van der Waals surface area contributed by atoms with Crippen molar-refractivity contribution in [3.63, 3.8) is 0 Å². The fraction of sp³-hybridized carbons (Fsp3) is 0.647. The van der Waals surface area contributed by atoms with E-state index < -0.39 is 11.0 Å². The lowest BCUT2D eigenvalue weighted by Gasteiger charge is -2.58. The molecule has 0 spiro atoms. The van der Waals surface area contributed by atoms with Gasteiger partial charge in [0.05, 0.1) is 19.7 Å². The molecule has 4 bridgehead atoms. The molecule has 1 heterocycles. The molecule has 4 fully saturated rings. The monoisotopic (exact) mass is 398 g/mol. The summed E-state index contributed by atoms with van der Waals surface area (Å²) in [7, 11) is 0. The average Bonchev–Trinajstić information content (AvgIpc) is 2.88. The van der Waals surface area contributed by atoms with Gasteiger partial charge < -0.3 is 9.84 Å². The first-order chi connectivity index (χ1) is 10.9. The first-order valence-corrected chi connectivity index (χ1v) is 9.67. The molecule has 0 amide bonds. The summed E-state index contributed by atoms with van der Waals surface area (Å²) in [5.74, 6) is 0.405. The lowest BCUT2D eigenvalue weighted by atomic mass is 9.48. The molecule has 124 valence electrons. The van der Waals surface area contributed by atoms with Crippen LogP contribution in [0.15, 0.2) is 15.9 Å². The maximum atomic E-state index is 12.7. The molecule has 4 nitrogen and oxygen atoms in total. The van der Waals surface area contributed by atoms with Gasteiger partial charge in [-0.15, -0.1) is 11.3 Å². The van der Waals surface area contributed by atoms with Gasteiger partial charge in [0, 0.05) is 0 Å². The van der Waals surface area contributed by atoms with E-state index in [9.17, 15) is 14.7 Å². The number of thiophene rings is 1. The Bertz CT molecular complexity index is 653. The zero-order chi connectivity index (χ0) is 16.2. The summed E-state index contributed by atoms with van der Waals surface area (Å²) in [5, 5.41) is 10.7. The zero-order valence-electron chi connectivity index (χ0n) is 12.7. The van der Waals surface area contributed by atoms with Crippen LogP contribution in [0.4, 0.5) is 0 Å². The van der Waals surface area contributed by atoms with Crippen LogP contribution in [0.3, 0.4) is 0 Å². The second kappa shape index (κ2) is 5.39. The van der Waals surface area contributed by atoms with Crippen LogP contribution >= 0.6 is 27.3 Å². The van der Waals surface area contributed by atoms with Crippen molar-refractivity contribution in [1.29, 1.82) is 0 Å². The van der Waals surface area contributed by atoms with Crippen LogP contribution in [-0.2, 0) is 9.53 Å². The van der Waals surface area contributed by atoms with Gasteiger partial charge in [0.25, 0.3) is 0 Å². The minimum absolute atomic E-state index is 0.169. The van der Waals surface area contributed by atoms with Crippen molar-refractivity contribution >= 4 is 39.0 Å². The Labute approximate surface area is 147 Å². The topological polar surface area (TPSA) is 63.6 Å². The Morgan fingerprint density at radius 1 is 1.26 bits per heavy atom. The fourth-order valence-corrected chi connectivity index (χ4v) is 6.58. The van der Waals surface area contributed by atoms with Crippen LogP contribution in [-0.4, -0.2) is 29.1 Å². The predicted molar refractivity (Wildman–Crippen MR) is 89.4 cm³/mol. The van der Waals surface area contributed by atoms with Gasteiger partial charge in [-0.2, -0.15) is 0 Å². The molecule has 4 atom stereocenters. The maximum absolute atomic E-state index is 12.7. The van der Waals surface area contributed by atoms with Crippen LogP contribution in [0.25, 0.3) is 0 Å². The summed E-state index contributed by atoms with van der Waals surface area (Å²) >= 11 is 4.67. The molecule has 0 saturated heterocycles. The summed E-state index contributed by atoms with van der Waals surface area (Å²) in [6.07, 6.45) is 4.89. The third kappa shape index (κ3) is 2.79. The Morgan fingerprint density at radius 2 is 1.96 bits per heavy atom. The van der Waals surface area contributed by atoms with Gasteiger partial charge in [-0.25, -0.2) is 0 Å². The Morgan fingerprint density at radius 3 is 2.52 bits per heavy atom. The molecule has 4 aliphatic rings. The molecule has 0 aromatic carbocycles. The highest BCUT2D eigenvalue weighted by Crippen LogP contribution is 2.61. The zero-order valence-corrected chi connectivity index (χ0v) is 15.1. The molecule has 6 heteroatoms. The number of aliphatic hydroxyl groups is 1. The summed E-state index contributed by atoms with van der Waals surface area (Å²) < 4.78 is 6.27. The lowest BCUT2D eigenvalue weighted by molar-refractivity contribution is -0.195. The number of Topliss-reactive ketones (excluding diaryl/α,β-unsaturated/α-hetero) is 1. The van der Waals surface area contributed by atoms with E-state index in [1.165, 1.54) is 11.3 Å². The second-order valence-corrected chi connectivity index (χ2v) is 10.0. The van der Waals surface area contributed by atoms with Gasteiger partial charge in [0.1, 0.15) is 0 Å². The van der Waals surface area contributed by atoms with Gasteiger partial charge in [-0.1, -0.05) is 0 Å². The normalized spacial score (nSPS) is 37.8. The highest BCUT2D eigenvalue weighted by atomic mass is 79.9. The SMILES string of the molecule is O=C(COC(=O)C12C[C@@H]3C[C@@H](CC(O)(C3)C1)C2)c1ccc(Br)s1. The number of hydrogen-bond donors (Lipinski definition) is 1. The van der Waals surface area contributed by atoms with Gasteiger partial charge in [-0.3, -0.25) is 9.59 Å². The summed E-state index contributed by atoms with van der Waals surface area (Å²) in [5.41, 5.74) is -1.25. The van der Waals surface area contributed by atoms with Crippen molar-refractivity contribution in [3.8, 4) is 0 Å². The minimum atomic E-state index is -0.689. The third-order valence-corrected chi connectivity index (χ3v) is 7.31. The molecule has 1 aromatic heterocycles. The van der Waals surface area contributed by atoms with Gasteiger partial charge >= 0.3 is 5.97 Å². The van der Waals surface area contributed by atoms with Gasteiger partial charge in [-0.05, 0) is 78.4 Å². The summed E-state index contributed by atoms with van der Waals surface area (Å²) in [6, 6.07) is 3.55. The van der Waals surface area contributed by atoms with E-state index in [0.717, 1.165) is 35.9 Å². The summed E-state index contributed by atoms with van der Waals surface area (Å²) in [4.78, 5) is 25.4. The first kappa shape index (κ1) is 15.8. The molecule has 4 aliphatic carbocycles. The number of ketones is 1. The van der Waals surface area contributed by atoms with Crippen LogP contribution in [0.5, 0.6) is 0 Å². The Balaban J connectivity index is 1.44. The molecular weight excluding hydrogens is 380 g/mol. The van der Waals surface area contributed by atoms with Crippen molar-refractivity contribution in [2.75, 3.05) is 6.61 Å². The summed E-state index contributed by atoms with van der Waals surface area (Å²) in [6.45, 7) is -0.207. The minimum Gasteiger partial charge on any atom is -0.457 e. The molecular formula is C17H19BrO4S. The molecule has 1 N–H and O–H groups in total. The first-order valence-electron chi connectivity index (χ1n) is 8.06. The number of rotatable bonds is 4. The largest absolute Gasteiger partial charge is 0.457 e. The van der Waals surface area contributed by atoms with Crippen LogP contribution < -0.4 is 0 Å². The van der Waals surface area contributed by atoms with Crippen LogP contribution in [0, 0.1) is 17.3 Å². The van der Waals surface area contributed by atoms with Crippen molar-refractivity contribution in [2.24, 2.45) is 17.3 Å². The Kier molecular flexibility index (Phi) is 3.70. The number of ether oxygens (including phenoxy) is 1. The van der Waals surface area contributed by atoms with Crippen LogP contribution in [0.1, 0.15) is 48.2 Å². The smallest absolute Gasteiger partial charge is 0.312 e. The highest BCUT2D eigenvalue weighted by Gasteiger charge is 2.60. The fourth-order valence-electron chi connectivity index (χ4n) is 5.27. The van der Waals surface area contributed by atoms with Crippen molar-refractivity contribution in [3.05, 3.63) is 20.8 Å². The van der Waals surface area contributed by atoms with Crippen molar-refractivity contribution in [1.82, 2.24) is 0 Å². The molecule has 1 aromatic rings. The van der Waals surface area contributed by atoms with Crippen molar-refractivity contribution < 1.29 is 19.4 Å². The number of carbonyl (C=O) groups is 2. The standard InChI is InChI=1S/C17H19BrO4S/c18-14-2-1-13(23-14)12(19)8-22-15(20)16-4-10-3-11(5-16)7-17(21,6-10)9-16/h1-2,10-11,21H,3-9H2/t10-,11+,16?,17?. The molecule has 2 unspecified atom stereocenters. The molecule has 5 rings (SSSR count). The van der Waals surface area contributed by atoms with Crippen molar-refractivity contribution in [2.45, 2.75) is 44.1 Å². The number of halogens is 1. The molecule has 4 saturated carbocycles. The highest BCUT2D eigenvalue weighted by molar-refractivity contribution is 9.11. The Hall–Kier alpha value is -0.720.